The highest BCUT2D eigenvalue weighted by atomic mass is 19.3. The number of alkyl halides is 4. The summed E-state index contributed by atoms with van der Waals surface area (Å²) in [5.74, 6) is -11.0. The van der Waals surface area contributed by atoms with Crippen LogP contribution < -0.4 is 0 Å². The topological polar surface area (TPSA) is 17.1 Å². The largest absolute Gasteiger partial charge is 0.317 e. The number of carbonyl (C=O) groups excluding carboxylic acids is 1. The molecule has 0 aromatic heterocycles. The van der Waals surface area contributed by atoms with Gasteiger partial charge >= 0.3 is 11.8 Å². The Morgan fingerprint density at radius 1 is 1.23 bits per heavy atom. The Balaban J connectivity index is 2.81. The van der Waals surface area contributed by atoms with Gasteiger partial charge in [0, 0.05) is 5.92 Å². The van der Waals surface area contributed by atoms with Crippen LogP contribution in [0.25, 0.3) is 0 Å². The highest BCUT2D eigenvalue weighted by Crippen LogP contribution is 2.59. The first-order valence-electron chi connectivity index (χ1n) is 3.65. The molecular weight excluding hydrogens is 188 g/mol. The molecule has 0 aromatic carbocycles. The predicted octanol–water partition coefficient (Wildman–Crippen LogP) is 2.19. The zero-order valence-corrected chi connectivity index (χ0v) is 6.73. The maximum atomic E-state index is 12.6. The summed E-state index contributed by atoms with van der Waals surface area (Å²) in [4.78, 5) is 9.68. The lowest BCUT2D eigenvalue weighted by atomic mass is 9.67. The highest BCUT2D eigenvalue weighted by Gasteiger charge is 2.75. The summed E-state index contributed by atoms with van der Waals surface area (Å²) >= 11 is 0. The van der Waals surface area contributed by atoms with E-state index in [9.17, 15) is 22.4 Å². The summed E-state index contributed by atoms with van der Waals surface area (Å²) in [6.45, 7) is 1.03. The summed E-state index contributed by atoms with van der Waals surface area (Å²) in [6, 6.07) is 0. The molecule has 1 fully saturated rings. The molecule has 5 heteroatoms. The van der Waals surface area contributed by atoms with Gasteiger partial charge in [-0.1, -0.05) is 13.0 Å². The van der Waals surface area contributed by atoms with Gasteiger partial charge in [0.05, 0.1) is 5.92 Å². The van der Waals surface area contributed by atoms with Gasteiger partial charge in [0.2, 0.25) is 6.29 Å². The monoisotopic (exact) mass is 195 g/mol. The molecule has 2 unspecified atom stereocenters. The molecule has 0 bridgehead atoms. The minimum atomic E-state index is -4.04. The van der Waals surface area contributed by atoms with E-state index in [1.165, 1.54) is 6.29 Å². The van der Waals surface area contributed by atoms with Crippen LogP contribution in [-0.2, 0) is 4.79 Å². The van der Waals surface area contributed by atoms with Crippen LogP contribution in [0, 0.1) is 11.8 Å². The minimum Gasteiger partial charge on any atom is -0.286 e. The Morgan fingerprint density at radius 3 is 2.15 bits per heavy atom. The third-order valence-corrected chi connectivity index (χ3v) is 2.35. The van der Waals surface area contributed by atoms with E-state index in [4.69, 9.17) is 0 Å². The molecule has 1 aliphatic rings. The van der Waals surface area contributed by atoms with Crippen molar-refractivity contribution in [1.82, 2.24) is 0 Å². The SMILES string of the molecule is CC1C(C=C[C]=O)C(F)(F)C1(F)F. The number of allylic oxidation sites excluding steroid dienone is 2. The van der Waals surface area contributed by atoms with Crippen LogP contribution in [0.15, 0.2) is 12.2 Å². The van der Waals surface area contributed by atoms with Gasteiger partial charge in [-0.2, -0.15) is 17.6 Å². The second-order valence-corrected chi connectivity index (χ2v) is 3.04. The van der Waals surface area contributed by atoms with Crippen molar-refractivity contribution < 1.29 is 22.4 Å². The molecule has 1 saturated carbocycles. The van der Waals surface area contributed by atoms with E-state index in [1.54, 1.807) is 0 Å². The average molecular weight is 195 g/mol. The lowest BCUT2D eigenvalue weighted by Gasteiger charge is -2.48. The van der Waals surface area contributed by atoms with Crippen LogP contribution in [0.2, 0.25) is 0 Å². The highest BCUT2D eigenvalue weighted by molar-refractivity contribution is 5.65. The van der Waals surface area contributed by atoms with Gasteiger partial charge in [-0.25, -0.2) is 0 Å². The normalized spacial score (nSPS) is 35.8. The Kier molecular flexibility index (Phi) is 2.21. The molecule has 1 aliphatic carbocycles. The fourth-order valence-electron chi connectivity index (χ4n) is 1.40. The standard InChI is InChI=1S/C8H7F4O/c1-5-6(3-2-4-13)8(11,12)7(5,9)10/h2-3,5-6H,1H3. The summed E-state index contributed by atoms with van der Waals surface area (Å²) in [5.41, 5.74) is 0. The first kappa shape index (κ1) is 10.2. The first-order valence-corrected chi connectivity index (χ1v) is 3.65. The smallest absolute Gasteiger partial charge is 0.286 e. The van der Waals surface area contributed by atoms with Gasteiger partial charge in [-0.3, -0.25) is 4.79 Å². The summed E-state index contributed by atoms with van der Waals surface area (Å²) in [6.07, 6.45) is 2.72. The summed E-state index contributed by atoms with van der Waals surface area (Å²) in [5, 5.41) is 0. The van der Waals surface area contributed by atoms with Gasteiger partial charge < -0.3 is 0 Å². The second-order valence-electron chi connectivity index (χ2n) is 3.04. The van der Waals surface area contributed by atoms with Crippen molar-refractivity contribution >= 4 is 6.29 Å². The third kappa shape index (κ3) is 1.17. The van der Waals surface area contributed by atoms with Crippen LogP contribution in [-0.4, -0.2) is 18.1 Å². The predicted molar refractivity (Wildman–Crippen MR) is 37.4 cm³/mol. The van der Waals surface area contributed by atoms with E-state index in [1.807, 2.05) is 0 Å². The Labute approximate surface area is 72.4 Å². The van der Waals surface area contributed by atoms with Crippen molar-refractivity contribution in [2.24, 2.45) is 11.8 Å². The molecule has 0 spiro atoms. The fraction of sp³-hybridized carbons (Fsp3) is 0.625. The van der Waals surface area contributed by atoms with E-state index in [0.29, 0.717) is 6.08 Å². The molecule has 0 amide bonds. The van der Waals surface area contributed by atoms with Crippen molar-refractivity contribution in [2.45, 2.75) is 18.8 Å². The average Bonchev–Trinajstić information content (AvgIpc) is 2.04. The van der Waals surface area contributed by atoms with Gasteiger partial charge in [0.25, 0.3) is 0 Å². The van der Waals surface area contributed by atoms with Crippen LogP contribution >= 0.6 is 0 Å². The molecular formula is C8H7F4O. The molecule has 0 saturated heterocycles. The van der Waals surface area contributed by atoms with Crippen molar-refractivity contribution in [3.63, 3.8) is 0 Å². The molecule has 0 aromatic rings. The van der Waals surface area contributed by atoms with Crippen molar-refractivity contribution in [2.75, 3.05) is 0 Å². The molecule has 1 rings (SSSR count). The van der Waals surface area contributed by atoms with E-state index in [-0.39, 0.29) is 0 Å². The molecule has 0 aliphatic heterocycles. The number of hydrogen-bond donors (Lipinski definition) is 0. The van der Waals surface area contributed by atoms with E-state index >= 15 is 0 Å². The molecule has 0 N–H and O–H groups in total. The van der Waals surface area contributed by atoms with Crippen molar-refractivity contribution in [3.8, 4) is 0 Å². The fourth-order valence-corrected chi connectivity index (χ4v) is 1.40. The molecule has 0 heterocycles. The minimum absolute atomic E-state index is 0.699. The lowest BCUT2D eigenvalue weighted by molar-refractivity contribution is -0.336. The van der Waals surface area contributed by atoms with Crippen LogP contribution in [0.4, 0.5) is 17.6 Å². The molecule has 73 valence electrons. The molecule has 1 radical (unpaired) electrons. The van der Waals surface area contributed by atoms with Crippen molar-refractivity contribution in [3.05, 3.63) is 12.2 Å². The van der Waals surface area contributed by atoms with Crippen LogP contribution in [0.3, 0.4) is 0 Å². The van der Waals surface area contributed by atoms with Gasteiger partial charge in [0.15, 0.2) is 0 Å². The van der Waals surface area contributed by atoms with Gasteiger partial charge in [-0.05, 0) is 6.08 Å². The number of rotatable bonds is 2. The quantitative estimate of drug-likeness (QED) is 0.487. The second kappa shape index (κ2) is 2.82. The number of hydrogen-bond acceptors (Lipinski definition) is 1. The lowest BCUT2D eigenvalue weighted by Crippen LogP contribution is -2.64. The first-order chi connectivity index (χ1) is 5.85. The number of halogens is 4. The van der Waals surface area contributed by atoms with E-state index < -0.39 is 23.7 Å². The van der Waals surface area contributed by atoms with E-state index in [0.717, 1.165) is 13.0 Å². The maximum absolute atomic E-state index is 12.6. The third-order valence-electron chi connectivity index (χ3n) is 2.35. The Bertz CT molecular complexity index is 247. The van der Waals surface area contributed by atoms with Gasteiger partial charge in [0.1, 0.15) is 0 Å². The van der Waals surface area contributed by atoms with Crippen LogP contribution in [0.1, 0.15) is 6.92 Å². The molecule has 1 nitrogen and oxygen atoms in total. The maximum Gasteiger partial charge on any atom is 0.317 e. The summed E-state index contributed by atoms with van der Waals surface area (Å²) < 4.78 is 50.3. The summed E-state index contributed by atoms with van der Waals surface area (Å²) in [7, 11) is 0. The zero-order valence-electron chi connectivity index (χ0n) is 6.73. The van der Waals surface area contributed by atoms with Crippen molar-refractivity contribution in [1.29, 1.82) is 0 Å². The van der Waals surface area contributed by atoms with E-state index in [2.05, 4.69) is 0 Å². The Morgan fingerprint density at radius 2 is 1.77 bits per heavy atom. The Hall–Kier alpha value is -0.870. The zero-order chi connectivity index (χ0) is 10.3. The molecule has 2 atom stereocenters. The van der Waals surface area contributed by atoms with Crippen LogP contribution in [0.5, 0.6) is 0 Å². The molecule has 13 heavy (non-hydrogen) atoms. The van der Waals surface area contributed by atoms with Gasteiger partial charge in [-0.15, -0.1) is 0 Å².